The highest BCUT2D eigenvalue weighted by Crippen LogP contribution is 2.26. The second kappa shape index (κ2) is 11.7. The second-order valence-corrected chi connectivity index (χ2v) is 9.05. The molecule has 1 aliphatic heterocycles. The molecule has 0 aliphatic carbocycles. The lowest BCUT2D eigenvalue weighted by Crippen LogP contribution is -2.47. The Hall–Kier alpha value is -1.84. The van der Waals surface area contributed by atoms with E-state index in [9.17, 15) is 0 Å². The van der Waals surface area contributed by atoms with Gasteiger partial charge in [-0.05, 0) is 37.0 Å². The summed E-state index contributed by atoms with van der Waals surface area (Å²) in [4.78, 5) is 9.20. The molecular formula is C23H37IN6O. The average Bonchev–Trinajstić information content (AvgIpc) is 3.19. The van der Waals surface area contributed by atoms with Gasteiger partial charge in [-0.25, -0.2) is 9.67 Å². The van der Waals surface area contributed by atoms with E-state index in [1.54, 1.807) is 6.33 Å². The smallest absolute Gasteiger partial charge is 0.191 e. The molecule has 0 amide bonds. The number of ether oxygens (including phenoxy) is 1. The summed E-state index contributed by atoms with van der Waals surface area (Å²) >= 11 is 0. The molecular weight excluding hydrogens is 503 g/mol. The molecule has 0 radical (unpaired) electrons. The number of nitrogens with zero attached hydrogens (tertiary/aromatic N) is 4. The van der Waals surface area contributed by atoms with E-state index in [1.165, 1.54) is 5.56 Å². The van der Waals surface area contributed by atoms with Crippen LogP contribution in [-0.4, -0.2) is 46.5 Å². The van der Waals surface area contributed by atoms with Crippen LogP contribution in [0, 0.1) is 5.92 Å². The normalized spacial score (nSPS) is 16.5. The Bertz CT molecular complexity index is 831. The van der Waals surface area contributed by atoms with Crippen LogP contribution in [-0.2, 0) is 18.4 Å². The molecule has 0 fully saturated rings. The van der Waals surface area contributed by atoms with Crippen LogP contribution in [0.25, 0.3) is 0 Å². The molecule has 2 heterocycles. The first-order valence-electron chi connectivity index (χ1n) is 11.0. The van der Waals surface area contributed by atoms with Crippen molar-refractivity contribution in [2.24, 2.45) is 10.9 Å². The minimum absolute atomic E-state index is 0. The zero-order valence-corrected chi connectivity index (χ0v) is 21.7. The number of fused-ring (bicyclic) bond motifs is 1. The predicted molar refractivity (Wildman–Crippen MR) is 136 cm³/mol. The zero-order valence-electron chi connectivity index (χ0n) is 19.4. The monoisotopic (exact) mass is 540 g/mol. The predicted octanol–water partition coefficient (Wildman–Crippen LogP) is 3.78. The highest BCUT2D eigenvalue weighted by Gasteiger charge is 2.23. The number of aryl methyl sites for hydroxylation is 1. The first-order chi connectivity index (χ1) is 14.4. The number of halogens is 1. The van der Waals surface area contributed by atoms with Crippen molar-refractivity contribution in [2.75, 3.05) is 19.7 Å². The van der Waals surface area contributed by atoms with E-state index in [1.807, 2.05) is 4.68 Å². The van der Waals surface area contributed by atoms with Crippen molar-refractivity contribution in [1.29, 1.82) is 0 Å². The van der Waals surface area contributed by atoms with Gasteiger partial charge in [-0.1, -0.05) is 39.8 Å². The summed E-state index contributed by atoms with van der Waals surface area (Å²) in [6.07, 6.45) is 3.61. The van der Waals surface area contributed by atoms with Gasteiger partial charge in [0.15, 0.2) is 5.96 Å². The molecule has 3 rings (SSSR count). The van der Waals surface area contributed by atoms with Crippen molar-refractivity contribution in [2.45, 2.75) is 65.5 Å². The van der Waals surface area contributed by atoms with Gasteiger partial charge in [-0.15, -0.1) is 24.0 Å². The fourth-order valence-electron chi connectivity index (χ4n) is 3.50. The third-order valence-corrected chi connectivity index (χ3v) is 5.34. The molecule has 31 heavy (non-hydrogen) atoms. The fraction of sp³-hybridized carbons (Fsp3) is 0.609. The molecule has 7 nitrogen and oxygen atoms in total. The molecule has 0 spiro atoms. The maximum atomic E-state index is 5.81. The van der Waals surface area contributed by atoms with E-state index in [0.717, 1.165) is 50.1 Å². The van der Waals surface area contributed by atoms with Crippen molar-refractivity contribution >= 4 is 29.9 Å². The highest BCUT2D eigenvalue weighted by molar-refractivity contribution is 14.0. The molecule has 2 N–H and O–H groups in total. The van der Waals surface area contributed by atoms with Gasteiger partial charge in [0.2, 0.25) is 0 Å². The summed E-state index contributed by atoms with van der Waals surface area (Å²) in [7, 11) is 0. The van der Waals surface area contributed by atoms with Gasteiger partial charge in [0, 0.05) is 24.4 Å². The number of aliphatic imine (C=N–C) groups is 1. The Labute approximate surface area is 203 Å². The molecule has 1 atom stereocenters. The third-order valence-electron chi connectivity index (χ3n) is 5.34. The summed E-state index contributed by atoms with van der Waals surface area (Å²) in [6.45, 7) is 13.9. The first-order valence-corrected chi connectivity index (χ1v) is 11.0. The molecule has 1 aromatic heterocycles. The average molecular weight is 540 g/mol. The van der Waals surface area contributed by atoms with Crippen molar-refractivity contribution in [3.63, 3.8) is 0 Å². The number of hydrogen-bond acceptors (Lipinski definition) is 4. The van der Waals surface area contributed by atoms with Crippen molar-refractivity contribution in [3.05, 3.63) is 42.0 Å². The molecule has 172 valence electrons. The molecule has 0 saturated heterocycles. The van der Waals surface area contributed by atoms with Crippen LogP contribution < -0.4 is 15.4 Å². The van der Waals surface area contributed by atoms with E-state index < -0.39 is 0 Å². The van der Waals surface area contributed by atoms with Crippen molar-refractivity contribution in [3.8, 4) is 5.75 Å². The van der Waals surface area contributed by atoms with Gasteiger partial charge in [-0.2, -0.15) is 5.10 Å². The van der Waals surface area contributed by atoms with Crippen LogP contribution in [0.2, 0.25) is 0 Å². The minimum Gasteiger partial charge on any atom is -0.493 e. The molecule has 1 aromatic carbocycles. The Kier molecular flexibility index (Phi) is 9.58. The Morgan fingerprint density at radius 2 is 2.03 bits per heavy atom. The van der Waals surface area contributed by atoms with Crippen molar-refractivity contribution in [1.82, 2.24) is 25.4 Å². The van der Waals surface area contributed by atoms with Crippen LogP contribution in [0.4, 0.5) is 0 Å². The molecule has 0 bridgehead atoms. The van der Waals surface area contributed by atoms with Gasteiger partial charge in [0.05, 0.1) is 19.7 Å². The SMILES string of the molecule is CCNC(=NCC(C)(C)c1ccc(OCC(C)C)cc1)NC1CCc2ncnn2C1.I. The zero-order chi connectivity index (χ0) is 21.6. The van der Waals surface area contributed by atoms with Gasteiger partial charge >= 0.3 is 0 Å². The summed E-state index contributed by atoms with van der Waals surface area (Å²) in [5.41, 5.74) is 1.17. The summed E-state index contributed by atoms with van der Waals surface area (Å²) in [5, 5.41) is 11.3. The van der Waals surface area contributed by atoms with Gasteiger partial charge < -0.3 is 15.4 Å². The molecule has 0 saturated carbocycles. The second-order valence-electron chi connectivity index (χ2n) is 9.05. The maximum absolute atomic E-state index is 5.81. The lowest BCUT2D eigenvalue weighted by atomic mass is 9.85. The number of aromatic nitrogens is 3. The van der Waals surface area contributed by atoms with Crippen LogP contribution in [0.15, 0.2) is 35.6 Å². The summed E-state index contributed by atoms with van der Waals surface area (Å²) in [5.74, 6) is 3.37. The Morgan fingerprint density at radius 1 is 1.29 bits per heavy atom. The first kappa shape index (κ1) is 25.4. The van der Waals surface area contributed by atoms with Gasteiger partial charge in [0.25, 0.3) is 0 Å². The Balaban J connectivity index is 0.00000341. The largest absolute Gasteiger partial charge is 0.493 e. The van der Waals surface area contributed by atoms with E-state index in [0.29, 0.717) is 18.5 Å². The number of benzene rings is 1. The number of guanidine groups is 1. The minimum atomic E-state index is -0.0788. The lowest BCUT2D eigenvalue weighted by molar-refractivity contribution is 0.271. The highest BCUT2D eigenvalue weighted by atomic mass is 127. The number of rotatable bonds is 8. The molecule has 1 unspecified atom stereocenters. The lowest BCUT2D eigenvalue weighted by Gasteiger charge is -2.27. The Morgan fingerprint density at radius 3 is 2.71 bits per heavy atom. The van der Waals surface area contributed by atoms with Crippen LogP contribution in [0.5, 0.6) is 5.75 Å². The van der Waals surface area contributed by atoms with Gasteiger partial charge in [0.1, 0.15) is 17.9 Å². The fourth-order valence-corrected chi connectivity index (χ4v) is 3.50. The summed E-state index contributed by atoms with van der Waals surface area (Å²) in [6, 6.07) is 8.73. The van der Waals surface area contributed by atoms with E-state index in [2.05, 4.69) is 79.6 Å². The quantitative estimate of drug-likeness (QED) is 0.303. The molecule has 2 aromatic rings. The van der Waals surface area contributed by atoms with E-state index in [-0.39, 0.29) is 29.4 Å². The third kappa shape index (κ3) is 7.36. The molecule has 8 heteroatoms. The van der Waals surface area contributed by atoms with E-state index >= 15 is 0 Å². The van der Waals surface area contributed by atoms with E-state index in [4.69, 9.17) is 9.73 Å². The van der Waals surface area contributed by atoms with Gasteiger partial charge in [-0.3, -0.25) is 4.99 Å². The van der Waals surface area contributed by atoms with Crippen LogP contribution >= 0.6 is 24.0 Å². The number of hydrogen-bond donors (Lipinski definition) is 2. The molecule has 1 aliphatic rings. The topological polar surface area (TPSA) is 76.4 Å². The van der Waals surface area contributed by atoms with Crippen LogP contribution in [0.1, 0.15) is 52.4 Å². The summed E-state index contributed by atoms with van der Waals surface area (Å²) < 4.78 is 7.79. The van der Waals surface area contributed by atoms with Crippen LogP contribution in [0.3, 0.4) is 0 Å². The number of nitrogens with one attached hydrogen (secondary N) is 2. The standard InChI is InChI=1S/C23H36N6O.HI/c1-6-24-22(28-19-9-12-21-26-16-27-29(21)13-19)25-15-23(4,5)18-7-10-20(11-8-18)30-14-17(2)3;/h7-8,10-11,16-17,19H,6,9,12-15H2,1-5H3,(H2,24,25,28);1H. The van der Waals surface area contributed by atoms with Crippen molar-refractivity contribution < 1.29 is 4.74 Å². The maximum Gasteiger partial charge on any atom is 0.191 e.